The summed E-state index contributed by atoms with van der Waals surface area (Å²) in [5.74, 6) is 2.25. The molecule has 0 aliphatic heterocycles. The lowest BCUT2D eigenvalue weighted by Crippen LogP contribution is -2.10. The molecule has 102 valence electrons. The second-order valence-electron chi connectivity index (χ2n) is 5.02. The molecule has 0 aromatic carbocycles. The second-order valence-corrected chi connectivity index (χ2v) is 6.30. The lowest BCUT2D eigenvalue weighted by atomic mass is 10.0. The van der Waals surface area contributed by atoms with Gasteiger partial charge in [0.2, 0.25) is 5.89 Å². The molecule has 0 unspecified atom stereocenters. The second kappa shape index (κ2) is 7.14. The van der Waals surface area contributed by atoms with Crippen molar-refractivity contribution >= 4 is 11.8 Å². The Labute approximate surface area is 113 Å². The van der Waals surface area contributed by atoms with E-state index in [1.54, 1.807) is 0 Å². The van der Waals surface area contributed by atoms with Crippen LogP contribution in [0.4, 0.5) is 0 Å². The van der Waals surface area contributed by atoms with Gasteiger partial charge < -0.3 is 10.3 Å². The van der Waals surface area contributed by atoms with E-state index in [9.17, 15) is 0 Å². The van der Waals surface area contributed by atoms with E-state index in [1.165, 1.54) is 32.1 Å². The molecule has 1 fully saturated rings. The summed E-state index contributed by atoms with van der Waals surface area (Å²) in [7, 11) is 0. The molecule has 1 atom stereocenters. The van der Waals surface area contributed by atoms with Gasteiger partial charge in [0, 0.05) is 5.25 Å². The van der Waals surface area contributed by atoms with Gasteiger partial charge in [-0.15, -0.1) is 0 Å². The Morgan fingerprint density at radius 1 is 1.39 bits per heavy atom. The van der Waals surface area contributed by atoms with Gasteiger partial charge in [0.05, 0.1) is 11.8 Å². The minimum absolute atomic E-state index is 0.101. The van der Waals surface area contributed by atoms with E-state index in [2.05, 4.69) is 17.1 Å². The van der Waals surface area contributed by atoms with Gasteiger partial charge in [-0.2, -0.15) is 16.7 Å². The van der Waals surface area contributed by atoms with Crippen molar-refractivity contribution < 1.29 is 4.52 Å². The molecule has 1 aromatic rings. The van der Waals surface area contributed by atoms with Crippen LogP contribution in [0.2, 0.25) is 0 Å². The summed E-state index contributed by atoms with van der Waals surface area (Å²) in [5.41, 5.74) is 5.95. The Morgan fingerprint density at radius 2 is 2.17 bits per heavy atom. The summed E-state index contributed by atoms with van der Waals surface area (Å²) in [6.45, 7) is 2.11. The lowest BCUT2D eigenvalue weighted by Gasteiger charge is -2.19. The van der Waals surface area contributed by atoms with Crippen molar-refractivity contribution in [3.8, 4) is 0 Å². The first-order valence-electron chi connectivity index (χ1n) is 6.99. The molecule has 18 heavy (non-hydrogen) atoms. The number of rotatable bonds is 6. The van der Waals surface area contributed by atoms with Crippen LogP contribution >= 0.6 is 11.8 Å². The maximum absolute atomic E-state index is 5.95. The third kappa shape index (κ3) is 3.99. The van der Waals surface area contributed by atoms with E-state index < -0.39 is 0 Å². The summed E-state index contributed by atoms with van der Waals surface area (Å²) in [6.07, 6.45) is 8.75. The molecule has 0 radical (unpaired) electrons. The van der Waals surface area contributed by atoms with Gasteiger partial charge in [-0.25, -0.2) is 0 Å². The molecule has 1 aliphatic carbocycles. The van der Waals surface area contributed by atoms with E-state index >= 15 is 0 Å². The third-order valence-corrected chi connectivity index (χ3v) is 4.77. The summed E-state index contributed by atoms with van der Waals surface area (Å²) >= 11 is 1.96. The van der Waals surface area contributed by atoms with Crippen molar-refractivity contribution in [2.75, 3.05) is 0 Å². The third-order valence-electron chi connectivity index (χ3n) is 3.40. The van der Waals surface area contributed by atoms with E-state index in [4.69, 9.17) is 10.3 Å². The van der Waals surface area contributed by atoms with E-state index in [-0.39, 0.29) is 6.04 Å². The predicted molar refractivity (Wildman–Crippen MR) is 74.3 cm³/mol. The Morgan fingerprint density at radius 3 is 2.89 bits per heavy atom. The zero-order valence-corrected chi connectivity index (χ0v) is 11.9. The van der Waals surface area contributed by atoms with Crippen LogP contribution in [0.25, 0.3) is 0 Å². The fourth-order valence-electron chi connectivity index (χ4n) is 2.34. The quantitative estimate of drug-likeness (QED) is 0.857. The zero-order chi connectivity index (χ0) is 12.8. The average Bonchev–Trinajstić information content (AvgIpc) is 2.87. The number of hydrogen-bond acceptors (Lipinski definition) is 5. The summed E-state index contributed by atoms with van der Waals surface area (Å²) < 4.78 is 5.22. The first-order chi connectivity index (χ1) is 8.79. The fraction of sp³-hybridized carbons (Fsp3) is 0.846. The number of nitrogens with two attached hydrogens (primary N) is 1. The Kier molecular flexibility index (Phi) is 5.50. The molecule has 0 spiro atoms. The molecule has 2 N–H and O–H groups in total. The molecule has 4 nitrogen and oxygen atoms in total. The van der Waals surface area contributed by atoms with Crippen LogP contribution in [-0.2, 0) is 5.75 Å². The molecule has 1 saturated carbocycles. The van der Waals surface area contributed by atoms with Crippen LogP contribution in [0.3, 0.4) is 0 Å². The van der Waals surface area contributed by atoms with Crippen LogP contribution in [0.5, 0.6) is 0 Å². The molecule has 2 rings (SSSR count). The highest BCUT2D eigenvalue weighted by atomic mass is 32.2. The molecule has 1 aromatic heterocycles. The van der Waals surface area contributed by atoms with Gasteiger partial charge in [0.1, 0.15) is 0 Å². The first-order valence-corrected chi connectivity index (χ1v) is 8.04. The van der Waals surface area contributed by atoms with Crippen molar-refractivity contribution in [3.63, 3.8) is 0 Å². The number of aromatic nitrogens is 2. The van der Waals surface area contributed by atoms with Gasteiger partial charge >= 0.3 is 0 Å². The maximum atomic E-state index is 5.95. The molecule has 0 amide bonds. The monoisotopic (exact) mass is 269 g/mol. The normalized spacial score (nSPS) is 19.0. The average molecular weight is 269 g/mol. The minimum Gasteiger partial charge on any atom is -0.338 e. The highest BCUT2D eigenvalue weighted by Crippen LogP contribution is 2.30. The molecular formula is C13H23N3OS. The summed E-state index contributed by atoms with van der Waals surface area (Å²) in [6, 6.07) is -0.101. The molecule has 0 bridgehead atoms. The van der Waals surface area contributed by atoms with Gasteiger partial charge in [-0.1, -0.05) is 37.8 Å². The molecular weight excluding hydrogens is 246 g/mol. The predicted octanol–water partition coefficient (Wildman–Crippen LogP) is 3.44. The Bertz CT molecular complexity index is 350. The standard InChI is InChI=1S/C13H23N3OS/c1-2-6-11(14)13-15-12(16-17-13)9-18-10-7-4-3-5-8-10/h10-11H,2-9,14H2,1H3/t11-/m1/s1. The summed E-state index contributed by atoms with van der Waals surface area (Å²) in [5, 5.41) is 4.80. The van der Waals surface area contributed by atoms with Gasteiger partial charge in [-0.05, 0) is 19.3 Å². The molecule has 0 saturated heterocycles. The van der Waals surface area contributed by atoms with Crippen LogP contribution < -0.4 is 5.73 Å². The fourth-order valence-corrected chi connectivity index (χ4v) is 3.50. The lowest BCUT2D eigenvalue weighted by molar-refractivity contribution is 0.345. The Hall–Kier alpha value is -0.550. The highest BCUT2D eigenvalue weighted by Gasteiger charge is 2.17. The van der Waals surface area contributed by atoms with E-state index in [0.29, 0.717) is 5.89 Å². The molecule has 5 heteroatoms. The maximum Gasteiger partial charge on any atom is 0.243 e. The van der Waals surface area contributed by atoms with Crippen molar-refractivity contribution in [3.05, 3.63) is 11.7 Å². The topological polar surface area (TPSA) is 64.9 Å². The van der Waals surface area contributed by atoms with Gasteiger partial charge in [0.15, 0.2) is 5.82 Å². The highest BCUT2D eigenvalue weighted by molar-refractivity contribution is 7.99. The van der Waals surface area contributed by atoms with Gasteiger partial charge in [0.25, 0.3) is 0 Å². The zero-order valence-electron chi connectivity index (χ0n) is 11.1. The molecule has 1 aliphatic rings. The summed E-state index contributed by atoms with van der Waals surface area (Å²) in [4.78, 5) is 4.39. The van der Waals surface area contributed by atoms with E-state index in [1.807, 2.05) is 11.8 Å². The largest absolute Gasteiger partial charge is 0.338 e. The Balaban J connectivity index is 1.79. The smallest absolute Gasteiger partial charge is 0.243 e. The van der Waals surface area contributed by atoms with Crippen LogP contribution in [0.1, 0.15) is 69.6 Å². The SMILES string of the molecule is CCC[C@@H](N)c1nc(CSC2CCCCC2)no1. The van der Waals surface area contributed by atoms with Crippen molar-refractivity contribution in [2.45, 2.75) is 68.9 Å². The minimum atomic E-state index is -0.101. The van der Waals surface area contributed by atoms with Crippen LogP contribution in [0.15, 0.2) is 4.52 Å². The van der Waals surface area contributed by atoms with E-state index in [0.717, 1.165) is 29.7 Å². The van der Waals surface area contributed by atoms with Crippen molar-refractivity contribution in [1.82, 2.24) is 10.1 Å². The van der Waals surface area contributed by atoms with Crippen LogP contribution in [-0.4, -0.2) is 15.4 Å². The van der Waals surface area contributed by atoms with Crippen molar-refractivity contribution in [1.29, 1.82) is 0 Å². The van der Waals surface area contributed by atoms with Crippen molar-refractivity contribution in [2.24, 2.45) is 5.73 Å². The number of hydrogen-bond donors (Lipinski definition) is 1. The molecule has 1 heterocycles. The van der Waals surface area contributed by atoms with Crippen LogP contribution in [0, 0.1) is 0 Å². The van der Waals surface area contributed by atoms with Gasteiger partial charge in [-0.3, -0.25) is 0 Å². The number of nitrogens with zero attached hydrogens (tertiary/aromatic N) is 2. The first kappa shape index (κ1) is 13.9. The number of thioether (sulfide) groups is 1.